The van der Waals surface area contributed by atoms with Crippen molar-refractivity contribution in [2.75, 3.05) is 34.0 Å². The van der Waals surface area contributed by atoms with Crippen LogP contribution in [0.25, 0.3) is 11.4 Å². The molecule has 19 heteroatoms. The largest absolute Gasteiger partial charge is 0.455 e. The number of hydrogen-bond donors (Lipinski definition) is 1. The fourth-order valence-corrected chi connectivity index (χ4v) is 8.93. The van der Waals surface area contributed by atoms with Crippen LogP contribution in [0.1, 0.15) is 74.7 Å². The van der Waals surface area contributed by atoms with Crippen LogP contribution in [-0.2, 0) is 44.6 Å². The minimum Gasteiger partial charge on any atom is -0.455 e. The molecule has 0 spiro atoms. The van der Waals surface area contributed by atoms with Gasteiger partial charge in [-0.2, -0.15) is 3.89 Å². The number of pyridine rings is 1. The van der Waals surface area contributed by atoms with Gasteiger partial charge in [0.15, 0.2) is 17.7 Å². The molecule has 2 aromatic heterocycles. The first kappa shape index (κ1) is 50.6. The van der Waals surface area contributed by atoms with Crippen molar-refractivity contribution in [2.24, 2.45) is 17.8 Å². The number of aromatic nitrogens is 4. The molecule has 0 bridgehead atoms. The van der Waals surface area contributed by atoms with Gasteiger partial charge in [0.1, 0.15) is 30.2 Å². The van der Waals surface area contributed by atoms with Crippen molar-refractivity contribution in [2.45, 2.75) is 141 Å². The standard InChI is InChI=1S/C42H59FN6O10.CH3FS/c1-12-31-42(8)34(49(39(54)59-42)20-16-15-19-48-23-29(45-46-48)28-17-13-14-18-44-28)26(4)32(50)24(2)22-40(6,55-11)36(27(5)35(52)41(7,43)38(53)57-31)58-37-33(51)30(47(9)10)21-25(3)56-37;1-3-2/h13-14,17-18,23-27,30-31,33-34,36-37,51H,12,19-22H2,1-11H3;1H3/t24-,25?,26+,27+,30?,31-,33?,34-,36-,37+,40-,41+,42-;/m1./s1. The van der Waals surface area contributed by atoms with Gasteiger partial charge in [0.2, 0.25) is 0 Å². The molecule has 16 nitrogen and oxygen atoms in total. The van der Waals surface area contributed by atoms with Crippen LogP contribution in [0.5, 0.6) is 0 Å². The second kappa shape index (κ2) is 21.1. The number of Topliss-reactive ketones (excluding diaryl/α,β-unsaturated/α-hetero) is 2. The second-order valence-corrected chi connectivity index (χ2v) is 17.4. The van der Waals surface area contributed by atoms with Crippen LogP contribution in [0, 0.1) is 29.6 Å². The fraction of sp³-hybridized carbons (Fsp3) is 0.698. The summed E-state index contributed by atoms with van der Waals surface area (Å²) in [5.74, 6) is -0.0792. The summed E-state index contributed by atoms with van der Waals surface area (Å²) < 4.78 is 59.0. The molecule has 13 atom stereocenters. The lowest BCUT2D eigenvalue weighted by atomic mass is 9.73. The Morgan fingerprint density at radius 1 is 1.05 bits per heavy atom. The molecule has 0 radical (unpaired) electrons. The molecule has 344 valence electrons. The number of alkyl halides is 1. The van der Waals surface area contributed by atoms with E-state index in [0.717, 1.165) is 6.92 Å². The Morgan fingerprint density at radius 3 is 2.31 bits per heavy atom. The number of amides is 1. The molecule has 62 heavy (non-hydrogen) atoms. The van der Waals surface area contributed by atoms with Gasteiger partial charge < -0.3 is 33.7 Å². The Balaban J connectivity index is 0.00000273. The molecule has 0 saturated carbocycles. The number of likely N-dealkylation sites (N-methyl/N-ethyl adjacent to an activating group) is 1. The van der Waals surface area contributed by atoms with Crippen molar-refractivity contribution in [3.8, 4) is 23.2 Å². The van der Waals surface area contributed by atoms with Gasteiger partial charge >= 0.3 is 12.1 Å². The number of cyclic esters (lactones) is 1. The normalized spacial score (nSPS) is 35.8. The van der Waals surface area contributed by atoms with Crippen molar-refractivity contribution in [3.05, 3.63) is 30.6 Å². The number of esters is 1. The number of carbonyl (C=O) groups excluding carboxylic acids is 4. The Hall–Kier alpha value is -4.06. The maximum atomic E-state index is 16.9. The monoisotopic (exact) mass is 892 g/mol. The molecular formula is C43H62F2N6O10S. The van der Waals surface area contributed by atoms with Crippen molar-refractivity contribution in [1.29, 1.82) is 0 Å². The van der Waals surface area contributed by atoms with E-state index in [4.69, 9.17) is 23.7 Å². The van der Waals surface area contributed by atoms with Gasteiger partial charge in [-0.15, -0.1) is 5.10 Å². The summed E-state index contributed by atoms with van der Waals surface area (Å²) in [7, 11) is 5.01. The molecule has 5 heterocycles. The molecule has 3 saturated heterocycles. The Labute approximate surface area is 367 Å². The molecule has 0 aliphatic carbocycles. The fourth-order valence-electron chi connectivity index (χ4n) is 8.93. The van der Waals surface area contributed by atoms with Gasteiger partial charge in [0.25, 0.3) is 5.67 Å². The zero-order chi connectivity index (χ0) is 46.3. The molecular weight excluding hydrogens is 831 g/mol. The SMILES string of the molecule is CC[C@H]1OC(=O)[C@@](C)(F)C(=O)[C@H](C)[C@@H](O[C@@H]2OC(C)CC(N(C)C)C2O)[C@](C)(OC)C[C@@H](C)C(=O)[C@H](C)[C@H]2N(CC#CCn3cc(-c4ccccn4)nn3)C(=O)O[C@]12C.CSF. The summed E-state index contributed by atoms with van der Waals surface area (Å²) in [6.45, 7) is 12.2. The number of nitrogens with zero attached hydrogens (tertiary/aromatic N) is 6. The van der Waals surface area contributed by atoms with Crippen LogP contribution in [0.2, 0.25) is 0 Å². The quantitative estimate of drug-likeness (QED) is 0.215. The number of ether oxygens (including phenoxy) is 5. The van der Waals surface area contributed by atoms with Gasteiger partial charge in [-0.25, -0.2) is 18.7 Å². The van der Waals surface area contributed by atoms with Gasteiger partial charge in [-0.1, -0.05) is 50.8 Å². The molecule has 0 aromatic carbocycles. The van der Waals surface area contributed by atoms with Crippen LogP contribution < -0.4 is 0 Å². The molecule has 2 aromatic rings. The summed E-state index contributed by atoms with van der Waals surface area (Å²) in [6, 6.07) is 4.02. The first-order valence-corrected chi connectivity index (χ1v) is 21.8. The minimum absolute atomic E-state index is 0.0362. The van der Waals surface area contributed by atoms with Crippen LogP contribution >= 0.6 is 12.1 Å². The predicted octanol–water partition coefficient (Wildman–Crippen LogP) is 4.87. The molecule has 1 amide bonds. The van der Waals surface area contributed by atoms with E-state index < -0.39 is 83.1 Å². The van der Waals surface area contributed by atoms with Crippen LogP contribution in [-0.4, -0.2) is 152 Å². The van der Waals surface area contributed by atoms with Crippen molar-refractivity contribution in [3.63, 3.8) is 0 Å². The molecule has 1 N–H and O–H groups in total. The highest BCUT2D eigenvalue weighted by atomic mass is 32.2. The van der Waals surface area contributed by atoms with Gasteiger partial charge in [0, 0.05) is 55.5 Å². The van der Waals surface area contributed by atoms with E-state index in [9.17, 15) is 28.2 Å². The lowest BCUT2D eigenvalue weighted by Crippen LogP contribution is -2.61. The number of rotatable bonds is 8. The highest BCUT2D eigenvalue weighted by molar-refractivity contribution is 7.93. The topological polar surface area (TPSA) is 185 Å². The molecule has 3 unspecified atom stereocenters. The summed E-state index contributed by atoms with van der Waals surface area (Å²) in [5.41, 5.74) is -5.15. The molecule has 3 aliphatic rings. The molecule has 5 rings (SSSR count). The van der Waals surface area contributed by atoms with E-state index >= 15 is 4.39 Å². The van der Waals surface area contributed by atoms with E-state index in [1.54, 1.807) is 59.1 Å². The zero-order valence-electron chi connectivity index (χ0n) is 37.7. The first-order chi connectivity index (χ1) is 29.1. The second-order valence-electron chi connectivity index (χ2n) is 17.0. The highest BCUT2D eigenvalue weighted by Crippen LogP contribution is 2.43. The summed E-state index contributed by atoms with van der Waals surface area (Å²) in [5, 5.41) is 19.7. The van der Waals surface area contributed by atoms with Crippen LogP contribution in [0.4, 0.5) is 13.1 Å². The minimum atomic E-state index is -3.21. The third kappa shape index (κ3) is 10.8. The maximum Gasteiger partial charge on any atom is 0.411 e. The lowest BCUT2D eigenvalue weighted by Gasteiger charge is -2.47. The number of hydrogen-bond acceptors (Lipinski definition) is 15. The number of fused-ring (bicyclic) bond motifs is 1. The number of methoxy groups -OCH3 is 1. The highest BCUT2D eigenvalue weighted by Gasteiger charge is 2.61. The van der Waals surface area contributed by atoms with E-state index in [2.05, 4.69) is 27.1 Å². The van der Waals surface area contributed by atoms with E-state index in [1.807, 2.05) is 32.0 Å². The van der Waals surface area contributed by atoms with E-state index in [-0.39, 0.29) is 56.0 Å². The Morgan fingerprint density at radius 2 is 1.71 bits per heavy atom. The summed E-state index contributed by atoms with van der Waals surface area (Å²) in [4.78, 5) is 64.0. The first-order valence-electron chi connectivity index (χ1n) is 20.7. The van der Waals surface area contributed by atoms with E-state index in [0.29, 0.717) is 17.8 Å². The van der Waals surface area contributed by atoms with Crippen LogP contribution in [0.3, 0.4) is 0 Å². The molecule has 3 aliphatic heterocycles. The number of carbonyl (C=O) groups is 4. The van der Waals surface area contributed by atoms with Crippen molar-refractivity contribution in [1.82, 2.24) is 29.8 Å². The summed E-state index contributed by atoms with van der Waals surface area (Å²) in [6.07, 6.45) is -0.988. The number of aliphatic hydroxyl groups excluding tert-OH is 1. The smallest absolute Gasteiger partial charge is 0.411 e. The van der Waals surface area contributed by atoms with Gasteiger partial charge in [0.05, 0.1) is 42.3 Å². The van der Waals surface area contributed by atoms with Crippen molar-refractivity contribution >= 4 is 35.8 Å². The number of ketones is 2. The maximum absolute atomic E-state index is 16.9. The van der Waals surface area contributed by atoms with Gasteiger partial charge in [-0.3, -0.25) is 19.5 Å². The predicted molar refractivity (Wildman–Crippen MR) is 226 cm³/mol. The summed E-state index contributed by atoms with van der Waals surface area (Å²) >= 11 is 0.250. The Bertz CT molecular complexity index is 1930. The van der Waals surface area contributed by atoms with Crippen molar-refractivity contribution < 1.29 is 56.2 Å². The van der Waals surface area contributed by atoms with E-state index in [1.165, 1.54) is 29.9 Å². The number of halogens is 2. The van der Waals surface area contributed by atoms with Crippen LogP contribution in [0.15, 0.2) is 30.6 Å². The molecule has 3 fully saturated rings. The Kier molecular flexibility index (Phi) is 17.2. The zero-order valence-corrected chi connectivity index (χ0v) is 38.5. The van der Waals surface area contributed by atoms with Gasteiger partial charge in [-0.05, 0) is 73.2 Å². The average Bonchev–Trinajstić information content (AvgIpc) is 3.81. The number of aliphatic hydroxyl groups is 1. The third-order valence-electron chi connectivity index (χ3n) is 12.3. The third-order valence-corrected chi connectivity index (χ3v) is 12.3. The average molecular weight is 893 g/mol. The lowest BCUT2D eigenvalue weighted by molar-refractivity contribution is -0.295.